The average molecular weight is 360 g/mol. The predicted octanol–water partition coefficient (Wildman–Crippen LogP) is 5.18. The van der Waals surface area contributed by atoms with Gasteiger partial charge in [0.15, 0.2) is 5.76 Å². The van der Waals surface area contributed by atoms with Crippen molar-refractivity contribution in [2.45, 2.75) is 25.8 Å². The summed E-state index contributed by atoms with van der Waals surface area (Å²) >= 11 is 0. The number of furan rings is 1. The van der Waals surface area contributed by atoms with E-state index in [-0.39, 0.29) is 5.91 Å². The molecule has 138 valence electrons. The molecule has 1 aliphatic rings. The number of hydrogen-bond acceptors (Lipinski definition) is 3. The van der Waals surface area contributed by atoms with Crippen LogP contribution in [-0.2, 0) is 6.54 Å². The van der Waals surface area contributed by atoms with Gasteiger partial charge in [-0.05, 0) is 61.3 Å². The minimum atomic E-state index is -0.215. The Morgan fingerprint density at radius 1 is 0.852 bits per heavy atom. The molecule has 1 aliphatic heterocycles. The smallest absolute Gasteiger partial charge is 0.291 e. The maximum atomic E-state index is 12.5. The Hall–Kier alpha value is -2.85. The second-order valence-electron chi connectivity index (χ2n) is 7.00. The van der Waals surface area contributed by atoms with E-state index in [1.54, 1.807) is 6.07 Å². The zero-order valence-electron chi connectivity index (χ0n) is 15.4. The quantitative estimate of drug-likeness (QED) is 0.681. The van der Waals surface area contributed by atoms with E-state index in [1.165, 1.54) is 19.3 Å². The Morgan fingerprint density at radius 3 is 2.30 bits per heavy atom. The lowest BCUT2D eigenvalue weighted by Crippen LogP contribution is -2.28. The monoisotopic (exact) mass is 360 g/mol. The van der Waals surface area contributed by atoms with E-state index in [0.717, 1.165) is 42.2 Å². The van der Waals surface area contributed by atoms with E-state index in [0.29, 0.717) is 5.76 Å². The fraction of sp³-hybridized carbons (Fsp3) is 0.261. The predicted molar refractivity (Wildman–Crippen MR) is 108 cm³/mol. The fourth-order valence-corrected chi connectivity index (χ4v) is 3.49. The lowest BCUT2D eigenvalue weighted by molar-refractivity contribution is 0.0992. The average Bonchev–Trinajstić information content (AvgIpc) is 3.19. The molecule has 4 rings (SSSR count). The van der Waals surface area contributed by atoms with Crippen LogP contribution in [0.25, 0.3) is 11.1 Å². The summed E-state index contributed by atoms with van der Waals surface area (Å²) in [5.41, 5.74) is 3.04. The molecule has 27 heavy (non-hydrogen) atoms. The molecular weight excluding hydrogens is 336 g/mol. The first-order chi connectivity index (χ1) is 13.3. The molecular formula is C23H24N2O2. The molecule has 2 heterocycles. The largest absolute Gasteiger partial charge is 0.455 e. The van der Waals surface area contributed by atoms with Crippen LogP contribution in [0, 0.1) is 0 Å². The minimum absolute atomic E-state index is 0.215. The third-order valence-corrected chi connectivity index (χ3v) is 4.96. The van der Waals surface area contributed by atoms with Crippen LogP contribution in [0.4, 0.5) is 5.69 Å². The summed E-state index contributed by atoms with van der Waals surface area (Å²) in [5, 5.41) is 2.91. The Bertz CT molecular complexity index is 878. The van der Waals surface area contributed by atoms with Crippen molar-refractivity contribution in [3.8, 4) is 11.1 Å². The Labute approximate surface area is 159 Å². The number of rotatable bonds is 5. The van der Waals surface area contributed by atoms with Gasteiger partial charge in [-0.25, -0.2) is 0 Å². The van der Waals surface area contributed by atoms with Crippen LogP contribution < -0.4 is 5.32 Å². The molecule has 0 aliphatic carbocycles. The Balaban J connectivity index is 1.37. The molecule has 1 N–H and O–H groups in total. The molecule has 0 unspecified atom stereocenters. The topological polar surface area (TPSA) is 45.5 Å². The first kappa shape index (κ1) is 17.6. The summed E-state index contributed by atoms with van der Waals surface area (Å²) in [5.74, 6) is 0.989. The van der Waals surface area contributed by atoms with Gasteiger partial charge in [0.05, 0.1) is 6.54 Å². The van der Waals surface area contributed by atoms with Gasteiger partial charge in [-0.3, -0.25) is 9.69 Å². The zero-order valence-corrected chi connectivity index (χ0v) is 15.4. The van der Waals surface area contributed by atoms with Crippen molar-refractivity contribution < 1.29 is 9.21 Å². The molecule has 4 heteroatoms. The van der Waals surface area contributed by atoms with Gasteiger partial charge in [-0.2, -0.15) is 0 Å². The number of carbonyl (C=O) groups is 1. The van der Waals surface area contributed by atoms with Gasteiger partial charge in [-0.15, -0.1) is 0 Å². The van der Waals surface area contributed by atoms with Gasteiger partial charge in [0.2, 0.25) is 0 Å². The number of piperidine rings is 1. The van der Waals surface area contributed by atoms with Crippen molar-refractivity contribution >= 4 is 11.6 Å². The number of nitrogens with one attached hydrogen (secondary N) is 1. The van der Waals surface area contributed by atoms with Gasteiger partial charge in [0.25, 0.3) is 5.91 Å². The van der Waals surface area contributed by atoms with Crippen LogP contribution in [0.1, 0.15) is 35.6 Å². The highest BCUT2D eigenvalue weighted by Crippen LogP contribution is 2.22. The molecule has 1 amide bonds. The molecule has 1 fully saturated rings. The third kappa shape index (κ3) is 4.47. The fourth-order valence-electron chi connectivity index (χ4n) is 3.49. The third-order valence-electron chi connectivity index (χ3n) is 4.96. The highest BCUT2D eigenvalue weighted by molar-refractivity contribution is 6.02. The molecule has 1 aromatic heterocycles. The second-order valence-corrected chi connectivity index (χ2v) is 7.00. The van der Waals surface area contributed by atoms with Crippen molar-refractivity contribution in [1.29, 1.82) is 0 Å². The number of nitrogens with zero attached hydrogens (tertiary/aromatic N) is 1. The van der Waals surface area contributed by atoms with Crippen molar-refractivity contribution in [3.63, 3.8) is 0 Å². The summed E-state index contributed by atoms with van der Waals surface area (Å²) in [7, 11) is 0. The number of carbonyl (C=O) groups excluding carboxylic acids is 1. The summed E-state index contributed by atoms with van der Waals surface area (Å²) in [6, 6.07) is 21.7. The van der Waals surface area contributed by atoms with Gasteiger partial charge >= 0.3 is 0 Å². The summed E-state index contributed by atoms with van der Waals surface area (Å²) < 4.78 is 5.76. The lowest BCUT2D eigenvalue weighted by atomic mass is 10.1. The van der Waals surface area contributed by atoms with Crippen LogP contribution in [0.15, 0.2) is 71.1 Å². The minimum Gasteiger partial charge on any atom is -0.455 e. The van der Waals surface area contributed by atoms with Crippen molar-refractivity contribution in [1.82, 2.24) is 4.90 Å². The maximum Gasteiger partial charge on any atom is 0.291 e. The standard InChI is InChI=1S/C23H24N2O2/c26-23(22-14-13-21(27-22)17-25-15-5-2-6-16-25)24-20-11-9-19(10-12-20)18-7-3-1-4-8-18/h1,3-4,7-14H,2,5-6,15-17H2,(H,24,26). The van der Waals surface area contributed by atoms with Crippen LogP contribution in [0.5, 0.6) is 0 Å². The van der Waals surface area contributed by atoms with Crippen molar-refractivity contribution in [3.05, 3.63) is 78.3 Å². The number of amides is 1. The highest BCUT2D eigenvalue weighted by Gasteiger charge is 2.15. The molecule has 0 spiro atoms. The van der Waals surface area contributed by atoms with E-state index in [4.69, 9.17) is 4.42 Å². The van der Waals surface area contributed by atoms with Gasteiger partial charge < -0.3 is 9.73 Å². The van der Waals surface area contributed by atoms with Crippen LogP contribution >= 0.6 is 0 Å². The lowest BCUT2D eigenvalue weighted by Gasteiger charge is -2.25. The van der Waals surface area contributed by atoms with E-state index in [9.17, 15) is 4.79 Å². The first-order valence-corrected chi connectivity index (χ1v) is 9.56. The summed E-state index contributed by atoms with van der Waals surface area (Å²) in [6.45, 7) is 2.99. The number of anilines is 1. The van der Waals surface area contributed by atoms with Crippen LogP contribution in [0.3, 0.4) is 0 Å². The maximum absolute atomic E-state index is 12.5. The molecule has 0 saturated carbocycles. The van der Waals surface area contributed by atoms with Crippen LogP contribution in [-0.4, -0.2) is 23.9 Å². The summed E-state index contributed by atoms with van der Waals surface area (Å²) in [6.07, 6.45) is 3.80. The van der Waals surface area contributed by atoms with E-state index in [1.807, 2.05) is 48.5 Å². The zero-order chi connectivity index (χ0) is 18.5. The molecule has 0 bridgehead atoms. The molecule has 2 aromatic carbocycles. The van der Waals surface area contributed by atoms with Crippen LogP contribution in [0.2, 0.25) is 0 Å². The normalized spacial score (nSPS) is 14.8. The second kappa shape index (κ2) is 8.23. The van der Waals surface area contributed by atoms with Gasteiger partial charge in [0, 0.05) is 5.69 Å². The molecule has 3 aromatic rings. The first-order valence-electron chi connectivity index (χ1n) is 9.56. The molecule has 1 saturated heterocycles. The Kier molecular flexibility index (Phi) is 5.35. The highest BCUT2D eigenvalue weighted by atomic mass is 16.4. The van der Waals surface area contributed by atoms with Gasteiger partial charge in [0.1, 0.15) is 5.76 Å². The molecule has 0 atom stereocenters. The van der Waals surface area contributed by atoms with E-state index >= 15 is 0 Å². The van der Waals surface area contributed by atoms with E-state index < -0.39 is 0 Å². The molecule has 0 radical (unpaired) electrons. The summed E-state index contributed by atoms with van der Waals surface area (Å²) in [4.78, 5) is 14.8. The van der Waals surface area contributed by atoms with Crippen molar-refractivity contribution in [2.75, 3.05) is 18.4 Å². The number of likely N-dealkylation sites (tertiary alicyclic amines) is 1. The number of hydrogen-bond donors (Lipinski definition) is 1. The molecule has 4 nitrogen and oxygen atoms in total. The van der Waals surface area contributed by atoms with E-state index in [2.05, 4.69) is 22.3 Å². The van der Waals surface area contributed by atoms with Crippen molar-refractivity contribution in [2.24, 2.45) is 0 Å². The van der Waals surface area contributed by atoms with Gasteiger partial charge in [-0.1, -0.05) is 48.9 Å². The number of benzene rings is 2. The Morgan fingerprint density at radius 2 is 1.56 bits per heavy atom. The SMILES string of the molecule is O=C(Nc1ccc(-c2ccccc2)cc1)c1ccc(CN2CCCCC2)o1.